The fourth-order valence-electron chi connectivity index (χ4n) is 3.26. The SMILES string of the molecule is COC1(CC(=O)NC2(CBr)CCC(C)CC2)CCC1. The molecule has 2 aliphatic carbocycles. The lowest BCUT2D eigenvalue weighted by molar-refractivity contribution is -0.136. The molecule has 2 saturated carbocycles. The zero-order chi connectivity index (χ0) is 13.9. The van der Waals surface area contributed by atoms with E-state index in [2.05, 4.69) is 28.2 Å². The highest BCUT2D eigenvalue weighted by Gasteiger charge is 2.41. The van der Waals surface area contributed by atoms with Crippen LogP contribution < -0.4 is 5.32 Å². The molecule has 2 fully saturated rings. The number of methoxy groups -OCH3 is 1. The second kappa shape index (κ2) is 6.13. The molecule has 0 aromatic heterocycles. The van der Waals surface area contributed by atoms with Crippen molar-refractivity contribution in [3.8, 4) is 0 Å². The molecule has 19 heavy (non-hydrogen) atoms. The van der Waals surface area contributed by atoms with E-state index in [9.17, 15) is 4.79 Å². The molecule has 2 aliphatic rings. The summed E-state index contributed by atoms with van der Waals surface area (Å²) in [5.41, 5.74) is -0.193. The van der Waals surface area contributed by atoms with Gasteiger partial charge in [-0.1, -0.05) is 22.9 Å². The van der Waals surface area contributed by atoms with Gasteiger partial charge in [-0.2, -0.15) is 0 Å². The molecular weight excluding hydrogens is 306 g/mol. The number of carbonyl (C=O) groups is 1. The predicted molar refractivity (Wildman–Crippen MR) is 80.5 cm³/mol. The van der Waals surface area contributed by atoms with Crippen LogP contribution in [0.3, 0.4) is 0 Å². The molecule has 3 nitrogen and oxygen atoms in total. The lowest BCUT2D eigenvalue weighted by Crippen LogP contribution is -2.54. The number of alkyl halides is 1. The first-order valence-corrected chi connectivity index (χ1v) is 8.57. The first-order chi connectivity index (χ1) is 9.03. The van der Waals surface area contributed by atoms with Crippen molar-refractivity contribution in [2.45, 2.75) is 69.4 Å². The minimum atomic E-state index is -0.167. The Hall–Kier alpha value is -0.0900. The monoisotopic (exact) mass is 331 g/mol. The lowest BCUT2D eigenvalue weighted by atomic mass is 9.76. The molecule has 4 heteroatoms. The van der Waals surface area contributed by atoms with E-state index in [-0.39, 0.29) is 17.0 Å². The van der Waals surface area contributed by atoms with Crippen LogP contribution in [0.5, 0.6) is 0 Å². The van der Waals surface area contributed by atoms with Crippen LogP contribution in [0.4, 0.5) is 0 Å². The van der Waals surface area contributed by atoms with Gasteiger partial charge < -0.3 is 10.1 Å². The molecule has 0 saturated heterocycles. The third kappa shape index (κ3) is 3.52. The lowest BCUT2D eigenvalue weighted by Gasteiger charge is -2.43. The van der Waals surface area contributed by atoms with Crippen molar-refractivity contribution in [2.24, 2.45) is 5.92 Å². The Bertz CT molecular complexity index is 315. The molecule has 1 N–H and O–H groups in total. The van der Waals surface area contributed by atoms with Crippen molar-refractivity contribution in [3.63, 3.8) is 0 Å². The molecule has 1 amide bonds. The van der Waals surface area contributed by atoms with Crippen molar-refractivity contribution in [1.29, 1.82) is 0 Å². The quantitative estimate of drug-likeness (QED) is 0.784. The smallest absolute Gasteiger partial charge is 0.223 e. The van der Waals surface area contributed by atoms with Crippen molar-refractivity contribution in [2.75, 3.05) is 12.4 Å². The summed E-state index contributed by atoms with van der Waals surface area (Å²) in [5, 5.41) is 4.15. The molecule has 0 aromatic carbocycles. The second-order valence-corrected chi connectivity index (χ2v) is 7.12. The number of nitrogens with one attached hydrogen (secondary N) is 1. The van der Waals surface area contributed by atoms with Crippen molar-refractivity contribution in [1.82, 2.24) is 5.32 Å². The highest BCUT2D eigenvalue weighted by Crippen LogP contribution is 2.39. The van der Waals surface area contributed by atoms with E-state index in [1.54, 1.807) is 7.11 Å². The largest absolute Gasteiger partial charge is 0.378 e. The number of carbonyl (C=O) groups excluding carboxylic acids is 1. The van der Waals surface area contributed by atoms with Crippen molar-refractivity contribution < 1.29 is 9.53 Å². The standard InChI is InChI=1S/C15H26BrNO2/c1-12-4-8-14(11-16,9-5-12)17-13(18)10-15(19-2)6-3-7-15/h12H,3-11H2,1-2H3,(H,17,18). The van der Waals surface area contributed by atoms with Gasteiger partial charge in [-0.05, 0) is 50.9 Å². The Morgan fingerprint density at radius 3 is 2.37 bits per heavy atom. The zero-order valence-corrected chi connectivity index (χ0v) is 13.7. The van der Waals surface area contributed by atoms with Crippen LogP contribution in [0.15, 0.2) is 0 Å². The molecule has 0 spiro atoms. The highest BCUT2D eigenvalue weighted by atomic mass is 79.9. The highest BCUT2D eigenvalue weighted by molar-refractivity contribution is 9.09. The van der Waals surface area contributed by atoms with Gasteiger partial charge in [0.2, 0.25) is 5.91 Å². The first kappa shape index (κ1) is 15.3. The van der Waals surface area contributed by atoms with Crippen LogP contribution >= 0.6 is 15.9 Å². The second-order valence-electron chi connectivity index (χ2n) is 6.56. The van der Waals surface area contributed by atoms with E-state index in [1.165, 1.54) is 19.3 Å². The maximum Gasteiger partial charge on any atom is 0.223 e. The fourth-order valence-corrected chi connectivity index (χ4v) is 3.96. The molecule has 0 aliphatic heterocycles. The van der Waals surface area contributed by atoms with Gasteiger partial charge in [-0.3, -0.25) is 4.79 Å². The van der Waals surface area contributed by atoms with Gasteiger partial charge in [0, 0.05) is 18.0 Å². The van der Waals surface area contributed by atoms with Crippen molar-refractivity contribution >= 4 is 21.8 Å². The first-order valence-electron chi connectivity index (χ1n) is 7.45. The Morgan fingerprint density at radius 2 is 1.95 bits per heavy atom. The summed E-state index contributed by atoms with van der Waals surface area (Å²) in [6.45, 7) is 2.30. The summed E-state index contributed by atoms with van der Waals surface area (Å²) in [4.78, 5) is 12.3. The summed E-state index contributed by atoms with van der Waals surface area (Å²) in [6, 6.07) is 0. The normalized spacial score (nSPS) is 33.5. The van der Waals surface area contributed by atoms with Gasteiger partial charge in [0.05, 0.1) is 12.0 Å². The topological polar surface area (TPSA) is 38.3 Å². The van der Waals surface area contributed by atoms with E-state index < -0.39 is 0 Å². The van der Waals surface area contributed by atoms with Gasteiger partial charge in [-0.15, -0.1) is 0 Å². The summed E-state index contributed by atoms with van der Waals surface area (Å²) in [6.07, 6.45) is 8.35. The Labute approximate surface area is 125 Å². The zero-order valence-electron chi connectivity index (χ0n) is 12.1. The van der Waals surface area contributed by atoms with E-state index in [0.29, 0.717) is 6.42 Å². The maximum atomic E-state index is 12.3. The number of rotatable bonds is 5. The fraction of sp³-hybridized carbons (Fsp3) is 0.933. The Balaban J connectivity index is 1.89. The molecule has 110 valence electrons. The number of halogens is 1. The summed E-state index contributed by atoms with van der Waals surface area (Å²) < 4.78 is 5.54. The van der Waals surface area contributed by atoms with Gasteiger partial charge >= 0.3 is 0 Å². The third-order valence-electron chi connectivity index (χ3n) is 5.07. The summed E-state index contributed by atoms with van der Waals surface area (Å²) >= 11 is 3.60. The van der Waals surface area contributed by atoms with Crippen molar-refractivity contribution in [3.05, 3.63) is 0 Å². The minimum Gasteiger partial charge on any atom is -0.378 e. The molecule has 0 aromatic rings. The van der Waals surface area contributed by atoms with Crippen LogP contribution in [0.25, 0.3) is 0 Å². The van der Waals surface area contributed by atoms with Gasteiger partial charge in [0.1, 0.15) is 0 Å². The number of ether oxygens (including phenoxy) is 1. The van der Waals surface area contributed by atoms with E-state index in [4.69, 9.17) is 4.74 Å². The van der Waals surface area contributed by atoms with Crippen LogP contribution in [-0.4, -0.2) is 29.5 Å². The van der Waals surface area contributed by atoms with Crippen LogP contribution in [0.2, 0.25) is 0 Å². The molecule has 0 heterocycles. The third-order valence-corrected chi connectivity index (χ3v) is 6.15. The molecule has 2 rings (SSSR count). The number of amides is 1. The van der Waals surface area contributed by atoms with E-state index >= 15 is 0 Å². The Kier molecular flexibility index (Phi) is 4.93. The van der Waals surface area contributed by atoms with E-state index in [0.717, 1.165) is 36.9 Å². The van der Waals surface area contributed by atoms with Crippen LogP contribution in [0.1, 0.15) is 58.3 Å². The average Bonchev–Trinajstić information content (AvgIpc) is 2.37. The summed E-state index contributed by atoms with van der Waals surface area (Å²) in [5.74, 6) is 0.955. The minimum absolute atomic E-state index is 0.0255. The molecule has 0 unspecified atom stereocenters. The van der Waals surface area contributed by atoms with Gasteiger partial charge in [-0.25, -0.2) is 0 Å². The predicted octanol–water partition coefficient (Wildman–Crippen LogP) is 3.41. The average molecular weight is 332 g/mol. The van der Waals surface area contributed by atoms with Gasteiger partial charge in [0.25, 0.3) is 0 Å². The molecular formula is C15H26BrNO2. The molecule has 0 radical (unpaired) electrons. The molecule has 0 atom stereocenters. The number of hydrogen-bond acceptors (Lipinski definition) is 2. The maximum absolute atomic E-state index is 12.3. The van der Waals surface area contributed by atoms with Crippen LogP contribution in [0, 0.1) is 5.92 Å². The summed E-state index contributed by atoms with van der Waals surface area (Å²) in [7, 11) is 1.73. The Morgan fingerprint density at radius 1 is 1.32 bits per heavy atom. The van der Waals surface area contributed by atoms with Crippen LogP contribution in [-0.2, 0) is 9.53 Å². The number of hydrogen-bond donors (Lipinski definition) is 1. The van der Waals surface area contributed by atoms with Gasteiger partial charge in [0.15, 0.2) is 0 Å². The van der Waals surface area contributed by atoms with E-state index in [1.807, 2.05) is 0 Å². The molecule has 0 bridgehead atoms.